The van der Waals surface area contributed by atoms with Gasteiger partial charge in [-0.1, -0.05) is 23.7 Å². The monoisotopic (exact) mass is 560 g/mol. The summed E-state index contributed by atoms with van der Waals surface area (Å²) in [6, 6.07) is 14.3. The second-order valence-electron chi connectivity index (χ2n) is 8.84. The fraction of sp³-hybridized carbons (Fsp3) is 0.167. The van der Waals surface area contributed by atoms with Gasteiger partial charge in [0.05, 0.1) is 12.3 Å². The van der Waals surface area contributed by atoms with Crippen molar-refractivity contribution >= 4 is 41.2 Å². The number of ether oxygens (including phenoxy) is 4. The molecule has 0 atom stereocenters. The van der Waals surface area contributed by atoms with Crippen molar-refractivity contribution in [1.29, 1.82) is 0 Å². The van der Waals surface area contributed by atoms with Crippen LogP contribution in [0, 0.1) is 0 Å². The summed E-state index contributed by atoms with van der Waals surface area (Å²) in [5.41, 5.74) is 2.19. The van der Waals surface area contributed by atoms with Gasteiger partial charge in [0.1, 0.15) is 12.2 Å². The Morgan fingerprint density at radius 3 is 2.55 bits per heavy atom. The summed E-state index contributed by atoms with van der Waals surface area (Å²) in [5, 5.41) is 2.67. The number of urea groups is 1. The summed E-state index contributed by atoms with van der Waals surface area (Å²) >= 11 is 5.95. The molecular weight excluding hydrogens is 536 g/mol. The molecule has 3 aromatic rings. The third-order valence-electron chi connectivity index (χ3n) is 6.14. The molecule has 0 aromatic heterocycles. The molecule has 0 unspecified atom stereocenters. The number of allylic oxidation sites excluding steroid dienone is 1. The van der Waals surface area contributed by atoms with Gasteiger partial charge in [-0.05, 0) is 79.1 Å². The number of halogens is 1. The summed E-state index contributed by atoms with van der Waals surface area (Å²) in [6.45, 7) is 6.46. The highest BCUT2D eigenvalue weighted by Crippen LogP contribution is 2.37. The highest BCUT2D eigenvalue weighted by Gasteiger charge is 2.37. The minimum absolute atomic E-state index is 0.181. The molecule has 40 heavy (non-hydrogen) atoms. The first kappa shape index (κ1) is 26.8. The van der Waals surface area contributed by atoms with Crippen LogP contribution in [-0.2, 0) is 22.6 Å². The summed E-state index contributed by atoms with van der Waals surface area (Å²) in [5.74, 6) is 0.721. The van der Waals surface area contributed by atoms with Gasteiger partial charge < -0.3 is 18.9 Å². The molecule has 1 fully saturated rings. The fourth-order valence-corrected chi connectivity index (χ4v) is 4.46. The first-order valence-electron chi connectivity index (χ1n) is 12.5. The van der Waals surface area contributed by atoms with Crippen molar-refractivity contribution in [3.63, 3.8) is 0 Å². The lowest BCUT2D eigenvalue weighted by atomic mass is 10.0. The van der Waals surface area contributed by atoms with Gasteiger partial charge in [-0.25, -0.2) is 9.69 Å². The van der Waals surface area contributed by atoms with Crippen molar-refractivity contribution in [3.8, 4) is 23.0 Å². The lowest BCUT2D eigenvalue weighted by Gasteiger charge is -2.26. The highest BCUT2D eigenvalue weighted by molar-refractivity contribution is 6.39. The predicted octanol–water partition coefficient (Wildman–Crippen LogP) is 5.44. The Hall–Kier alpha value is -4.76. The number of carbonyl (C=O) groups excluding carboxylic acids is 3. The first-order chi connectivity index (χ1) is 19.4. The van der Waals surface area contributed by atoms with E-state index in [9.17, 15) is 14.4 Å². The van der Waals surface area contributed by atoms with Gasteiger partial charge in [0, 0.05) is 10.6 Å². The van der Waals surface area contributed by atoms with E-state index < -0.39 is 17.8 Å². The Morgan fingerprint density at radius 2 is 1.80 bits per heavy atom. The van der Waals surface area contributed by atoms with Gasteiger partial charge in [-0.3, -0.25) is 14.9 Å². The largest absolute Gasteiger partial charge is 0.490 e. The van der Waals surface area contributed by atoms with Crippen molar-refractivity contribution in [2.45, 2.75) is 20.0 Å². The Bertz CT molecular complexity index is 1530. The molecule has 1 saturated heterocycles. The van der Waals surface area contributed by atoms with Crippen LogP contribution in [-0.4, -0.2) is 31.2 Å². The zero-order chi connectivity index (χ0) is 28.2. The Balaban J connectivity index is 1.48. The van der Waals surface area contributed by atoms with Crippen LogP contribution in [0.15, 0.2) is 72.8 Å². The average molecular weight is 561 g/mol. The van der Waals surface area contributed by atoms with Crippen LogP contribution in [0.25, 0.3) is 6.08 Å². The van der Waals surface area contributed by atoms with Crippen LogP contribution in [0.1, 0.15) is 23.6 Å². The maximum atomic E-state index is 13.3. The molecule has 2 heterocycles. The topological polar surface area (TPSA) is 103 Å². The molecular formula is C30H25ClN2O7. The Kier molecular flexibility index (Phi) is 7.75. The lowest BCUT2D eigenvalue weighted by Crippen LogP contribution is -2.54. The summed E-state index contributed by atoms with van der Waals surface area (Å²) < 4.78 is 22.9. The number of nitrogens with one attached hydrogen (secondary N) is 1. The maximum absolute atomic E-state index is 13.3. The Labute approximate surface area is 235 Å². The number of carbonyl (C=O) groups is 3. The van der Waals surface area contributed by atoms with Crippen molar-refractivity contribution in [2.24, 2.45) is 0 Å². The second-order valence-corrected chi connectivity index (χ2v) is 9.28. The van der Waals surface area contributed by atoms with Gasteiger partial charge in [-0.15, -0.1) is 6.58 Å². The Morgan fingerprint density at radius 1 is 1.02 bits per heavy atom. The number of amides is 4. The molecule has 10 heteroatoms. The molecule has 0 radical (unpaired) electrons. The van der Waals surface area contributed by atoms with E-state index in [0.717, 1.165) is 16.0 Å². The molecule has 4 amide bonds. The van der Waals surface area contributed by atoms with Crippen LogP contribution in [0.5, 0.6) is 23.0 Å². The molecule has 9 nitrogen and oxygen atoms in total. The summed E-state index contributed by atoms with van der Waals surface area (Å²) in [6.07, 6.45) is 3.57. The lowest BCUT2D eigenvalue weighted by molar-refractivity contribution is -0.122. The van der Waals surface area contributed by atoms with Crippen LogP contribution in [0.4, 0.5) is 10.5 Å². The number of benzene rings is 3. The van der Waals surface area contributed by atoms with E-state index in [0.29, 0.717) is 46.6 Å². The van der Waals surface area contributed by atoms with Crippen LogP contribution >= 0.6 is 11.6 Å². The third kappa shape index (κ3) is 5.50. The fourth-order valence-electron chi connectivity index (χ4n) is 4.34. The minimum Gasteiger partial charge on any atom is -0.490 e. The number of anilines is 1. The van der Waals surface area contributed by atoms with Gasteiger partial charge in [0.25, 0.3) is 11.8 Å². The van der Waals surface area contributed by atoms with Gasteiger partial charge >= 0.3 is 6.03 Å². The quantitative estimate of drug-likeness (QED) is 0.211. The zero-order valence-corrected chi connectivity index (χ0v) is 22.3. The van der Waals surface area contributed by atoms with Crippen LogP contribution in [0.2, 0.25) is 5.02 Å². The van der Waals surface area contributed by atoms with E-state index in [1.807, 2.05) is 25.1 Å². The smallest absolute Gasteiger partial charge is 0.335 e. The molecule has 3 aromatic carbocycles. The maximum Gasteiger partial charge on any atom is 0.335 e. The van der Waals surface area contributed by atoms with E-state index in [-0.39, 0.29) is 24.7 Å². The molecule has 5 rings (SSSR count). The summed E-state index contributed by atoms with van der Waals surface area (Å²) in [7, 11) is 0. The SMILES string of the molecule is C=CCc1cc(/C=C2\C(=O)NC(=O)N(c3ccc(Cl)cc3)C2=O)cc(OCC)c1OCc1ccc2c(c1)OCO2. The first-order valence-corrected chi connectivity index (χ1v) is 12.8. The highest BCUT2D eigenvalue weighted by atomic mass is 35.5. The molecule has 0 bridgehead atoms. The number of hydrogen-bond donors (Lipinski definition) is 1. The third-order valence-corrected chi connectivity index (χ3v) is 6.39. The van der Waals surface area contributed by atoms with Crippen molar-refractivity contribution in [3.05, 3.63) is 94.5 Å². The molecule has 2 aliphatic heterocycles. The minimum atomic E-state index is -0.843. The second kappa shape index (κ2) is 11.5. The predicted molar refractivity (Wildman–Crippen MR) is 149 cm³/mol. The molecule has 2 aliphatic rings. The number of nitrogens with zero attached hydrogens (tertiary/aromatic N) is 1. The van der Waals surface area contributed by atoms with Gasteiger partial charge in [0.2, 0.25) is 6.79 Å². The molecule has 0 spiro atoms. The van der Waals surface area contributed by atoms with Gasteiger partial charge in [-0.2, -0.15) is 0 Å². The van der Waals surface area contributed by atoms with Crippen molar-refractivity contribution < 1.29 is 33.3 Å². The zero-order valence-electron chi connectivity index (χ0n) is 21.6. The number of hydrogen-bond acceptors (Lipinski definition) is 7. The van der Waals surface area contributed by atoms with Crippen molar-refractivity contribution in [1.82, 2.24) is 5.32 Å². The van der Waals surface area contributed by atoms with E-state index in [2.05, 4.69) is 11.9 Å². The van der Waals surface area contributed by atoms with Crippen molar-refractivity contribution in [2.75, 3.05) is 18.3 Å². The van der Waals surface area contributed by atoms with Crippen LogP contribution in [0.3, 0.4) is 0 Å². The number of fused-ring (bicyclic) bond motifs is 1. The van der Waals surface area contributed by atoms with Gasteiger partial charge in [0.15, 0.2) is 23.0 Å². The molecule has 204 valence electrons. The molecule has 0 saturated carbocycles. The average Bonchev–Trinajstić information content (AvgIpc) is 3.40. The number of imide groups is 2. The molecule has 0 aliphatic carbocycles. The molecule has 1 N–H and O–H groups in total. The standard InChI is InChI=1S/C30H25ClN2O7/c1-3-5-20-12-19(13-23-28(34)32-30(36)33(29(23)35)22-9-7-21(31)8-10-22)15-26(37-4-2)27(20)38-16-18-6-11-24-25(14-18)40-17-39-24/h3,6-15H,1,4-5,16-17H2,2H3,(H,32,34,36)/b23-13+. The normalized spacial score (nSPS) is 15.3. The van der Waals surface area contributed by atoms with E-state index in [1.54, 1.807) is 30.3 Å². The van der Waals surface area contributed by atoms with Crippen LogP contribution < -0.4 is 29.2 Å². The van der Waals surface area contributed by atoms with E-state index >= 15 is 0 Å². The number of rotatable bonds is 9. The van der Waals surface area contributed by atoms with E-state index in [4.69, 9.17) is 30.5 Å². The van der Waals surface area contributed by atoms with E-state index in [1.165, 1.54) is 18.2 Å². The summed E-state index contributed by atoms with van der Waals surface area (Å²) in [4.78, 5) is 39.4. The number of barbiturate groups is 1.